The molecule has 0 aliphatic carbocycles. The number of nitriles is 1. The number of esters is 1. The number of rotatable bonds is 4. The first-order valence-corrected chi connectivity index (χ1v) is 5.53. The number of carbonyl (C=O) groups is 1. The second-order valence-electron chi connectivity index (χ2n) is 3.72. The molecule has 0 fully saturated rings. The molecule has 112 valence electrons. The van der Waals surface area contributed by atoms with E-state index in [0.717, 1.165) is 31.5 Å². The molecular weight excluding hydrogens is 289 g/mol. The molecule has 5 nitrogen and oxygen atoms in total. The number of ether oxygens (including phenoxy) is 2. The fraction of sp³-hybridized carbons (Fsp3) is 0.231. The van der Waals surface area contributed by atoms with E-state index in [2.05, 4.69) is 10.1 Å². The van der Waals surface area contributed by atoms with Gasteiger partial charge in [0.1, 0.15) is 11.8 Å². The number of methoxy groups -OCH3 is 2. The molecule has 0 aliphatic heterocycles. The van der Waals surface area contributed by atoms with Crippen molar-refractivity contribution in [3.63, 3.8) is 0 Å². The summed E-state index contributed by atoms with van der Waals surface area (Å²) in [5, 5.41) is 11.2. The number of carbonyl (C=O) groups excluding carboxylic acids is 1. The second-order valence-corrected chi connectivity index (χ2v) is 3.72. The van der Waals surface area contributed by atoms with E-state index in [4.69, 9.17) is 10.00 Å². The third-order valence-corrected chi connectivity index (χ3v) is 2.42. The van der Waals surface area contributed by atoms with Crippen LogP contribution in [0.1, 0.15) is 5.56 Å². The summed E-state index contributed by atoms with van der Waals surface area (Å²) in [5.41, 5.74) is -1.32. The van der Waals surface area contributed by atoms with Crippen LogP contribution in [0.2, 0.25) is 0 Å². The zero-order chi connectivity index (χ0) is 16.0. The Kier molecular flexibility index (Phi) is 5.18. The molecule has 0 heterocycles. The van der Waals surface area contributed by atoms with Crippen molar-refractivity contribution in [3.05, 3.63) is 35.5 Å². The molecule has 0 saturated carbocycles. The number of hydrogen-bond donors (Lipinski definition) is 1. The fourth-order valence-electron chi connectivity index (χ4n) is 1.39. The number of nitrogens with zero attached hydrogens (tertiary/aromatic N) is 1. The van der Waals surface area contributed by atoms with E-state index in [1.165, 1.54) is 7.11 Å². The van der Waals surface area contributed by atoms with Crippen molar-refractivity contribution in [2.45, 2.75) is 6.18 Å². The third-order valence-electron chi connectivity index (χ3n) is 2.42. The molecule has 0 atom stereocenters. The minimum Gasteiger partial charge on any atom is -0.495 e. The molecule has 1 rings (SSSR count). The van der Waals surface area contributed by atoms with Crippen LogP contribution >= 0.6 is 0 Å². The maximum atomic E-state index is 12.6. The number of benzene rings is 1. The minimum absolute atomic E-state index is 0.0380. The van der Waals surface area contributed by atoms with Gasteiger partial charge in [0.25, 0.3) is 0 Å². The van der Waals surface area contributed by atoms with Crippen molar-refractivity contribution >= 4 is 11.7 Å². The van der Waals surface area contributed by atoms with Crippen molar-refractivity contribution in [1.29, 1.82) is 5.26 Å². The van der Waals surface area contributed by atoms with Crippen LogP contribution in [-0.4, -0.2) is 20.2 Å². The monoisotopic (exact) mass is 300 g/mol. The molecule has 0 bridgehead atoms. The van der Waals surface area contributed by atoms with Crippen molar-refractivity contribution in [3.8, 4) is 11.8 Å². The van der Waals surface area contributed by atoms with E-state index >= 15 is 0 Å². The molecule has 0 unspecified atom stereocenters. The zero-order valence-electron chi connectivity index (χ0n) is 11.1. The summed E-state index contributed by atoms with van der Waals surface area (Å²) in [5.74, 6) is -0.780. The highest BCUT2D eigenvalue weighted by Gasteiger charge is 2.31. The van der Waals surface area contributed by atoms with Gasteiger partial charge in [-0.1, -0.05) is 0 Å². The summed E-state index contributed by atoms with van der Waals surface area (Å²) in [7, 11) is 2.36. The topological polar surface area (TPSA) is 71.4 Å². The summed E-state index contributed by atoms with van der Waals surface area (Å²) in [4.78, 5) is 11.2. The van der Waals surface area contributed by atoms with Crippen molar-refractivity contribution in [2.75, 3.05) is 19.5 Å². The van der Waals surface area contributed by atoms with Gasteiger partial charge in [-0.15, -0.1) is 0 Å². The Morgan fingerprint density at radius 3 is 2.52 bits per heavy atom. The normalized spacial score (nSPS) is 11.5. The molecule has 0 aromatic heterocycles. The number of hydrogen-bond acceptors (Lipinski definition) is 5. The van der Waals surface area contributed by atoms with Gasteiger partial charge in [-0.05, 0) is 18.2 Å². The van der Waals surface area contributed by atoms with Crippen LogP contribution in [0.3, 0.4) is 0 Å². The molecule has 1 N–H and O–H groups in total. The van der Waals surface area contributed by atoms with Crippen LogP contribution in [0.15, 0.2) is 30.0 Å². The Morgan fingerprint density at radius 2 is 2.05 bits per heavy atom. The number of alkyl halides is 3. The smallest absolute Gasteiger partial charge is 0.416 e. The Morgan fingerprint density at radius 1 is 1.38 bits per heavy atom. The van der Waals surface area contributed by atoms with E-state index < -0.39 is 23.3 Å². The van der Waals surface area contributed by atoms with Gasteiger partial charge in [0.05, 0.1) is 25.5 Å². The number of anilines is 1. The van der Waals surface area contributed by atoms with Crippen LogP contribution in [0.4, 0.5) is 18.9 Å². The Bertz CT molecular complexity index is 604. The van der Waals surface area contributed by atoms with E-state index in [-0.39, 0.29) is 11.4 Å². The van der Waals surface area contributed by atoms with Gasteiger partial charge in [0, 0.05) is 6.20 Å². The first kappa shape index (κ1) is 16.4. The summed E-state index contributed by atoms with van der Waals surface area (Å²) in [6, 6.07) is 4.36. The third kappa shape index (κ3) is 4.14. The van der Waals surface area contributed by atoms with Crippen LogP contribution < -0.4 is 10.1 Å². The van der Waals surface area contributed by atoms with Gasteiger partial charge in [0.15, 0.2) is 5.57 Å². The predicted octanol–water partition coefficient (Wildman–Crippen LogP) is 2.71. The maximum Gasteiger partial charge on any atom is 0.416 e. The average Bonchev–Trinajstić information content (AvgIpc) is 2.46. The van der Waals surface area contributed by atoms with E-state index in [1.807, 2.05) is 0 Å². The largest absolute Gasteiger partial charge is 0.495 e. The molecule has 0 radical (unpaired) electrons. The van der Waals surface area contributed by atoms with Crippen molar-refractivity contribution in [1.82, 2.24) is 0 Å². The van der Waals surface area contributed by atoms with Crippen molar-refractivity contribution in [2.24, 2.45) is 0 Å². The highest BCUT2D eigenvalue weighted by atomic mass is 19.4. The lowest BCUT2D eigenvalue weighted by Crippen LogP contribution is -2.08. The summed E-state index contributed by atoms with van der Waals surface area (Å²) in [6.07, 6.45) is -3.57. The maximum absolute atomic E-state index is 12.6. The Hall–Kier alpha value is -2.69. The molecule has 21 heavy (non-hydrogen) atoms. The standard InChI is InChI=1S/C13H11F3N2O3/c1-20-11-4-3-9(13(14,15)16)5-10(11)18-7-8(6-17)12(19)21-2/h3-5,7,18H,1-2H3/b8-7-. The summed E-state index contributed by atoms with van der Waals surface area (Å²) < 4.78 is 47.2. The average molecular weight is 300 g/mol. The summed E-state index contributed by atoms with van der Waals surface area (Å²) >= 11 is 0. The van der Waals surface area contributed by atoms with Crippen LogP contribution in [0.5, 0.6) is 5.75 Å². The Labute approximate surface area is 118 Å². The number of nitrogens with one attached hydrogen (secondary N) is 1. The number of halogens is 3. The van der Waals surface area contributed by atoms with Crippen LogP contribution in [0.25, 0.3) is 0 Å². The SMILES string of the molecule is COC(=O)/C(C#N)=C\Nc1cc(C(F)(F)F)ccc1OC. The molecule has 1 aromatic carbocycles. The molecule has 0 spiro atoms. The first-order chi connectivity index (χ1) is 9.83. The zero-order valence-corrected chi connectivity index (χ0v) is 11.1. The lowest BCUT2D eigenvalue weighted by molar-refractivity contribution is -0.137. The minimum atomic E-state index is -4.52. The van der Waals surface area contributed by atoms with Crippen molar-refractivity contribution < 1.29 is 27.4 Å². The highest BCUT2D eigenvalue weighted by molar-refractivity contribution is 5.93. The van der Waals surface area contributed by atoms with Crippen LogP contribution in [0, 0.1) is 11.3 Å². The van der Waals surface area contributed by atoms with Gasteiger partial charge < -0.3 is 14.8 Å². The quantitative estimate of drug-likeness (QED) is 0.526. The fourth-order valence-corrected chi connectivity index (χ4v) is 1.39. The summed E-state index contributed by atoms with van der Waals surface area (Å²) in [6.45, 7) is 0. The van der Waals surface area contributed by atoms with E-state index in [9.17, 15) is 18.0 Å². The molecular formula is C13H11F3N2O3. The van der Waals surface area contributed by atoms with Gasteiger partial charge in [-0.2, -0.15) is 18.4 Å². The van der Waals surface area contributed by atoms with E-state index in [1.54, 1.807) is 6.07 Å². The lowest BCUT2D eigenvalue weighted by atomic mass is 10.1. The highest BCUT2D eigenvalue weighted by Crippen LogP contribution is 2.34. The molecule has 1 aromatic rings. The van der Waals surface area contributed by atoms with Gasteiger partial charge >= 0.3 is 12.1 Å². The van der Waals surface area contributed by atoms with E-state index in [0.29, 0.717) is 0 Å². The molecule has 0 amide bonds. The lowest BCUT2D eigenvalue weighted by Gasteiger charge is -2.12. The Balaban J connectivity index is 3.15. The molecule has 0 aliphatic rings. The molecule has 0 saturated heterocycles. The molecule has 8 heteroatoms. The second kappa shape index (κ2) is 6.65. The van der Waals surface area contributed by atoms with Gasteiger partial charge in [-0.3, -0.25) is 0 Å². The predicted molar refractivity (Wildman–Crippen MR) is 67.3 cm³/mol. The van der Waals surface area contributed by atoms with Gasteiger partial charge in [-0.25, -0.2) is 4.79 Å². The van der Waals surface area contributed by atoms with Gasteiger partial charge in [0.2, 0.25) is 0 Å². The van der Waals surface area contributed by atoms with Crippen LogP contribution in [-0.2, 0) is 15.7 Å². The first-order valence-electron chi connectivity index (χ1n) is 5.53.